The van der Waals surface area contributed by atoms with Crippen LogP contribution in [0, 0.1) is 29.6 Å². The summed E-state index contributed by atoms with van der Waals surface area (Å²) in [5.74, 6) is 2.74. The number of nitrogens with zero attached hydrogens (tertiary/aromatic N) is 2. The van der Waals surface area contributed by atoms with Crippen LogP contribution in [-0.4, -0.2) is 28.9 Å². The van der Waals surface area contributed by atoms with Crippen LogP contribution in [0.25, 0.3) is 0 Å². The Balaban J connectivity index is 2.08. The van der Waals surface area contributed by atoms with E-state index in [1.807, 2.05) is 0 Å². The quantitative estimate of drug-likeness (QED) is 0.762. The molecule has 0 bridgehead atoms. The third-order valence-electron chi connectivity index (χ3n) is 4.42. The predicted octanol–water partition coefficient (Wildman–Crippen LogP) is 1.41. The summed E-state index contributed by atoms with van der Waals surface area (Å²) in [6.45, 7) is 0. The number of amides is 1. The molecule has 0 aromatic heterocycles. The predicted molar refractivity (Wildman–Crippen MR) is 72.7 cm³/mol. The van der Waals surface area contributed by atoms with E-state index in [9.17, 15) is 4.79 Å². The molecule has 0 aromatic carbocycles. The second kappa shape index (κ2) is 6.08. The lowest BCUT2D eigenvalue weighted by Crippen LogP contribution is -2.52. The SMILES string of the molecule is C#C[C@@H]1CC[C@@H](C#N)N1C(=O)[C@@H](N)C1CCCCC1. The highest BCUT2D eigenvalue weighted by molar-refractivity contribution is 5.83. The second-order valence-corrected chi connectivity index (χ2v) is 5.57. The van der Waals surface area contributed by atoms with E-state index in [2.05, 4.69) is 12.0 Å². The van der Waals surface area contributed by atoms with Crippen LogP contribution in [0.3, 0.4) is 0 Å². The molecule has 2 aliphatic rings. The first-order chi connectivity index (χ1) is 9.19. The van der Waals surface area contributed by atoms with Gasteiger partial charge >= 0.3 is 0 Å². The van der Waals surface area contributed by atoms with Gasteiger partial charge in [0.05, 0.1) is 18.2 Å². The van der Waals surface area contributed by atoms with Crippen molar-refractivity contribution >= 4 is 5.91 Å². The lowest BCUT2D eigenvalue weighted by Gasteiger charge is -2.32. The molecule has 1 aliphatic heterocycles. The van der Waals surface area contributed by atoms with Crippen molar-refractivity contribution in [1.82, 2.24) is 4.90 Å². The number of likely N-dealkylation sites (tertiary alicyclic amines) is 1. The normalized spacial score (nSPS) is 29.5. The molecule has 19 heavy (non-hydrogen) atoms. The molecule has 2 N–H and O–H groups in total. The zero-order chi connectivity index (χ0) is 13.8. The molecule has 1 saturated carbocycles. The fraction of sp³-hybridized carbons (Fsp3) is 0.733. The number of carbonyl (C=O) groups is 1. The first-order valence-corrected chi connectivity index (χ1v) is 7.12. The highest BCUT2D eigenvalue weighted by Gasteiger charge is 2.40. The summed E-state index contributed by atoms with van der Waals surface area (Å²) >= 11 is 0. The van der Waals surface area contributed by atoms with Gasteiger partial charge in [0, 0.05) is 0 Å². The Morgan fingerprint density at radius 1 is 1.21 bits per heavy atom. The van der Waals surface area contributed by atoms with E-state index in [1.165, 1.54) is 6.42 Å². The minimum atomic E-state index is -0.495. The summed E-state index contributed by atoms with van der Waals surface area (Å²) in [7, 11) is 0. The Bertz CT molecular complexity index is 392. The standard InChI is InChI=1S/C15H21N3O/c1-2-12-8-9-13(10-16)18(12)15(19)14(17)11-6-4-3-5-7-11/h1,11-14H,3-9,17H2/t12-,13+,14+/m1/s1. The van der Waals surface area contributed by atoms with E-state index < -0.39 is 12.1 Å². The Kier molecular flexibility index (Phi) is 4.45. The van der Waals surface area contributed by atoms with Crippen LogP contribution in [0.4, 0.5) is 0 Å². The maximum Gasteiger partial charge on any atom is 0.241 e. The van der Waals surface area contributed by atoms with E-state index in [-0.39, 0.29) is 17.9 Å². The van der Waals surface area contributed by atoms with Crippen LogP contribution in [0.1, 0.15) is 44.9 Å². The molecule has 4 nitrogen and oxygen atoms in total. The Labute approximate surface area is 114 Å². The van der Waals surface area contributed by atoms with Crippen molar-refractivity contribution in [2.45, 2.75) is 63.1 Å². The van der Waals surface area contributed by atoms with E-state index in [1.54, 1.807) is 4.90 Å². The van der Waals surface area contributed by atoms with Crippen LogP contribution in [0.15, 0.2) is 0 Å². The first-order valence-electron chi connectivity index (χ1n) is 7.12. The van der Waals surface area contributed by atoms with Crippen LogP contribution in [0.5, 0.6) is 0 Å². The molecular weight excluding hydrogens is 238 g/mol. The molecule has 3 atom stereocenters. The fourth-order valence-corrected chi connectivity index (χ4v) is 3.28. The van der Waals surface area contributed by atoms with Crippen LogP contribution in [0.2, 0.25) is 0 Å². The van der Waals surface area contributed by atoms with Crippen LogP contribution < -0.4 is 5.73 Å². The number of rotatable bonds is 2. The van der Waals surface area contributed by atoms with Crippen molar-refractivity contribution in [1.29, 1.82) is 5.26 Å². The smallest absolute Gasteiger partial charge is 0.241 e. The number of nitriles is 1. The van der Waals surface area contributed by atoms with E-state index in [0.717, 1.165) is 25.7 Å². The van der Waals surface area contributed by atoms with Gasteiger partial charge in [0.1, 0.15) is 6.04 Å². The average Bonchev–Trinajstić information content (AvgIpc) is 2.89. The van der Waals surface area contributed by atoms with Gasteiger partial charge in [-0.05, 0) is 31.6 Å². The van der Waals surface area contributed by atoms with Gasteiger partial charge in [0.25, 0.3) is 0 Å². The van der Waals surface area contributed by atoms with Gasteiger partial charge in [-0.1, -0.05) is 25.2 Å². The van der Waals surface area contributed by atoms with E-state index in [4.69, 9.17) is 17.4 Å². The number of carbonyl (C=O) groups excluding carboxylic acids is 1. The topological polar surface area (TPSA) is 70.1 Å². The Morgan fingerprint density at radius 3 is 2.42 bits per heavy atom. The van der Waals surface area contributed by atoms with Crippen molar-refractivity contribution < 1.29 is 4.79 Å². The van der Waals surface area contributed by atoms with Crippen LogP contribution >= 0.6 is 0 Å². The summed E-state index contributed by atoms with van der Waals surface area (Å²) in [5, 5.41) is 9.14. The van der Waals surface area contributed by atoms with Crippen molar-refractivity contribution in [3.63, 3.8) is 0 Å². The average molecular weight is 259 g/mol. The number of hydrogen-bond donors (Lipinski definition) is 1. The monoisotopic (exact) mass is 259 g/mol. The summed E-state index contributed by atoms with van der Waals surface area (Å²) in [5.41, 5.74) is 6.14. The van der Waals surface area contributed by atoms with Gasteiger partial charge in [-0.3, -0.25) is 4.79 Å². The minimum absolute atomic E-state index is 0.126. The first kappa shape index (κ1) is 13.9. The largest absolute Gasteiger partial charge is 0.320 e. The van der Waals surface area contributed by atoms with Crippen molar-refractivity contribution in [3.8, 4) is 18.4 Å². The second-order valence-electron chi connectivity index (χ2n) is 5.57. The molecule has 1 heterocycles. The number of hydrogen-bond acceptors (Lipinski definition) is 3. The van der Waals surface area contributed by atoms with E-state index in [0.29, 0.717) is 12.8 Å². The van der Waals surface area contributed by atoms with Gasteiger partial charge in [-0.2, -0.15) is 5.26 Å². The Hall–Kier alpha value is -1.52. The van der Waals surface area contributed by atoms with Gasteiger partial charge in [-0.25, -0.2) is 0 Å². The molecule has 0 radical (unpaired) electrons. The maximum atomic E-state index is 12.5. The lowest BCUT2D eigenvalue weighted by atomic mass is 9.83. The number of terminal acetylenes is 1. The molecule has 2 fully saturated rings. The molecule has 1 saturated heterocycles. The summed E-state index contributed by atoms with van der Waals surface area (Å²) in [4.78, 5) is 14.1. The summed E-state index contributed by atoms with van der Waals surface area (Å²) in [6.07, 6.45) is 12.4. The van der Waals surface area contributed by atoms with Crippen LogP contribution in [-0.2, 0) is 4.79 Å². The molecule has 102 valence electrons. The van der Waals surface area contributed by atoms with Crippen molar-refractivity contribution in [2.75, 3.05) is 0 Å². The molecule has 1 aliphatic carbocycles. The summed E-state index contributed by atoms with van der Waals surface area (Å²) < 4.78 is 0. The lowest BCUT2D eigenvalue weighted by molar-refractivity contribution is -0.135. The Morgan fingerprint density at radius 2 is 1.84 bits per heavy atom. The summed E-state index contributed by atoms with van der Waals surface area (Å²) in [6, 6.07) is 1.02. The zero-order valence-corrected chi connectivity index (χ0v) is 11.2. The molecule has 4 heteroatoms. The minimum Gasteiger partial charge on any atom is -0.320 e. The highest BCUT2D eigenvalue weighted by atomic mass is 16.2. The molecule has 0 aromatic rings. The van der Waals surface area contributed by atoms with E-state index >= 15 is 0 Å². The molecule has 1 amide bonds. The van der Waals surface area contributed by atoms with Gasteiger partial charge in [-0.15, -0.1) is 6.42 Å². The fourth-order valence-electron chi connectivity index (χ4n) is 3.28. The maximum absolute atomic E-state index is 12.5. The van der Waals surface area contributed by atoms with Crippen molar-refractivity contribution in [2.24, 2.45) is 11.7 Å². The third kappa shape index (κ3) is 2.74. The number of nitrogens with two attached hydrogens (primary N) is 1. The molecule has 0 spiro atoms. The van der Waals surface area contributed by atoms with Gasteiger partial charge in [0.15, 0.2) is 0 Å². The zero-order valence-electron chi connectivity index (χ0n) is 11.2. The van der Waals surface area contributed by atoms with Gasteiger partial charge < -0.3 is 10.6 Å². The molecular formula is C15H21N3O. The third-order valence-corrected chi connectivity index (χ3v) is 4.42. The van der Waals surface area contributed by atoms with Crippen molar-refractivity contribution in [3.05, 3.63) is 0 Å². The molecule has 0 unspecified atom stereocenters. The highest BCUT2D eigenvalue weighted by Crippen LogP contribution is 2.29. The molecule has 2 rings (SSSR count). The van der Waals surface area contributed by atoms with Gasteiger partial charge in [0.2, 0.25) is 5.91 Å².